The van der Waals surface area contributed by atoms with Gasteiger partial charge in [-0.1, -0.05) is 36.4 Å². The maximum Gasteiger partial charge on any atom is 0.0653 e. The number of hydrogen-bond donors (Lipinski definition) is 1. The van der Waals surface area contributed by atoms with Crippen LogP contribution < -0.4 is 0 Å². The number of hydrogen-bond acceptors (Lipinski definition) is 1. The summed E-state index contributed by atoms with van der Waals surface area (Å²) in [4.78, 5) is 0. The van der Waals surface area contributed by atoms with E-state index in [1.807, 2.05) is 6.20 Å². The summed E-state index contributed by atoms with van der Waals surface area (Å²) in [5, 5.41) is 8.32. The Hall–Kier alpha value is -2.81. The van der Waals surface area contributed by atoms with Gasteiger partial charge in [0, 0.05) is 29.4 Å². The van der Waals surface area contributed by atoms with Gasteiger partial charge in [0.25, 0.3) is 0 Å². The van der Waals surface area contributed by atoms with Crippen molar-refractivity contribution < 1.29 is 0 Å². The number of aromatic amines is 1. The Balaban J connectivity index is 1.49. The summed E-state index contributed by atoms with van der Waals surface area (Å²) in [7, 11) is 0. The van der Waals surface area contributed by atoms with E-state index in [1.54, 1.807) is 0 Å². The van der Waals surface area contributed by atoms with E-state index in [2.05, 4.69) is 76.3 Å². The van der Waals surface area contributed by atoms with Crippen molar-refractivity contribution in [2.75, 3.05) is 0 Å². The Bertz CT molecular complexity index is 1030. The van der Waals surface area contributed by atoms with Crippen molar-refractivity contribution in [1.82, 2.24) is 14.8 Å². The van der Waals surface area contributed by atoms with Crippen molar-refractivity contribution in [2.24, 2.45) is 0 Å². The Morgan fingerprint density at radius 3 is 2.80 bits per heavy atom. The van der Waals surface area contributed by atoms with Crippen molar-refractivity contribution in [2.45, 2.75) is 32.2 Å². The molecule has 4 aromatic rings. The third-order valence-corrected chi connectivity index (χ3v) is 5.22. The smallest absolute Gasteiger partial charge is 0.0653 e. The van der Waals surface area contributed by atoms with Gasteiger partial charge in [0.05, 0.1) is 11.7 Å². The molecule has 0 spiro atoms. The molecule has 1 saturated carbocycles. The highest BCUT2D eigenvalue weighted by Gasteiger charge is 2.23. The second kappa shape index (κ2) is 5.62. The number of aryl methyl sites for hydroxylation is 1. The minimum atomic E-state index is 0.801. The van der Waals surface area contributed by atoms with Crippen LogP contribution in [0.15, 0.2) is 54.7 Å². The van der Waals surface area contributed by atoms with Crippen molar-refractivity contribution in [3.63, 3.8) is 0 Å². The van der Waals surface area contributed by atoms with Crippen LogP contribution in [0.4, 0.5) is 0 Å². The Morgan fingerprint density at radius 1 is 1.16 bits per heavy atom. The summed E-state index contributed by atoms with van der Waals surface area (Å²) in [5.74, 6) is 0.801. The summed E-state index contributed by atoms with van der Waals surface area (Å²) in [6.45, 7) is 2.96. The lowest BCUT2D eigenvalue weighted by Crippen LogP contribution is -2.03. The van der Waals surface area contributed by atoms with Gasteiger partial charge in [0.1, 0.15) is 0 Å². The molecule has 2 aromatic heterocycles. The summed E-state index contributed by atoms with van der Waals surface area (Å²) >= 11 is 0. The Kier molecular flexibility index (Phi) is 3.27. The molecule has 0 atom stereocenters. The van der Waals surface area contributed by atoms with Crippen molar-refractivity contribution in [3.05, 3.63) is 77.6 Å². The number of rotatable bonds is 4. The number of H-pyrrole nitrogens is 1. The van der Waals surface area contributed by atoms with Gasteiger partial charge >= 0.3 is 0 Å². The van der Waals surface area contributed by atoms with Gasteiger partial charge in [-0.2, -0.15) is 5.10 Å². The molecule has 5 rings (SSSR count). The van der Waals surface area contributed by atoms with Crippen LogP contribution in [0.5, 0.6) is 0 Å². The number of aromatic nitrogens is 3. The molecule has 0 unspecified atom stereocenters. The highest BCUT2D eigenvalue weighted by Crippen LogP contribution is 2.40. The first-order valence-corrected chi connectivity index (χ1v) is 8.88. The van der Waals surface area contributed by atoms with Gasteiger partial charge in [-0.3, -0.25) is 5.10 Å². The highest BCUT2D eigenvalue weighted by molar-refractivity contribution is 5.78. The molecule has 1 radical (unpaired) electrons. The summed E-state index contributed by atoms with van der Waals surface area (Å²) < 4.78 is 2.34. The molecule has 25 heavy (non-hydrogen) atoms. The number of nitrogens with zero attached hydrogens (tertiary/aromatic N) is 2. The van der Waals surface area contributed by atoms with Crippen molar-refractivity contribution >= 4 is 10.9 Å². The molecule has 3 nitrogen and oxygen atoms in total. The predicted octanol–water partition coefficient (Wildman–Crippen LogP) is 5.07. The number of benzene rings is 2. The van der Waals surface area contributed by atoms with Crippen LogP contribution in [0.25, 0.3) is 22.2 Å². The van der Waals surface area contributed by atoms with E-state index in [9.17, 15) is 0 Å². The van der Waals surface area contributed by atoms with Gasteiger partial charge in [0.2, 0.25) is 0 Å². The molecule has 0 amide bonds. The molecule has 123 valence electrons. The van der Waals surface area contributed by atoms with Crippen LogP contribution in [0, 0.1) is 13.0 Å². The Labute approximate surface area is 147 Å². The first kappa shape index (κ1) is 14.5. The average Bonchev–Trinajstić information content (AvgIpc) is 3.28. The van der Waals surface area contributed by atoms with Gasteiger partial charge in [-0.15, -0.1) is 0 Å². The molecule has 0 bridgehead atoms. The zero-order valence-electron chi connectivity index (χ0n) is 14.3. The molecule has 3 heteroatoms. The first-order valence-electron chi connectivity index (χ1n) is 8.88. The standard InChI is InChI=1S/C22H20N3/c1-15-2-11-22(19-9-7-18(8-10-19)17-5-6-17)25(15)14-16-3-4-20-13-23-24-21(20)12-16/h3-4,7-13,17H,5-6,14H2,1H3,(H,23,24). The van der Waals surface area contributed by atoms with Gasteiger partial charge in [0.15, 0.2) is 0 Å². The maximum atomic E-state index is 4.11. The maximum absolute atomic E-state index is 4.11. The molecule has 1 N–H and O–H groups in total. The quantitative estimate of drug-likeness (QED) is 0.558. The van der Waals surface area contributed by atoms with Crippen LogP contribution in [0.3, 0.4) is 0 Å². The van der Waals surface area contributed by atoms with Gasteiger partial charge < -0.3 is 4.57 Å². The second-order valence-electron chi connectivity index (χ2n) is 7.03. The zero-order chi connectivity index (χ0) is 16.8. The molecule has 1 aliphatic carbocycles. The minimum absolute atomic E-state index is 0.801. The van der Waals surface area contributed by atoms with E-state index in [-0.39, 0.29) is 0 Å². The number of nitrogens with one attached hydrogen (secondary N) is 1. The van der Waals surface area contributed by atoms with Gasteiger partial charge in [-0.05, 0) is 54.5 Å². The largest absolute Gasteiger partial charge is 0.340 e. The van der Waals surface area contributed by atoms with Crippen LogP contribution >= 0.6 is 0 Å². The van der Waals surface area contributed by atoms with Crippen molar-refractivity contribution in [1.29, 1.82) is 0 Å². The summed E-state index contributed by atoms with van der Waals surface area (Å²) in [6, 6.07) is 21.1. The van der Waals surface area contributed by atoms with Crippen molar-refractivity contribution in [3.8, 4) is 11.3 Å². The van der Waals surface area contributed by atoms with Crippen LogP contribution in [-0.2, 0) is 6.54 Å². The van der Waals surface area contributed by atoms with E-state index in [4.69, 9.17) is 0 Å². The normalized spacial score (nSPS) is 14.3. The van der Waals surface area contributed by atoms with Crippen LogP contribution in [-0.4, -0.2) is 14.8 Å². The molecule has 0 saturated heterocycles. The third kappa shape index (κ3) is 2.66. The molecular weight excluding hydrogens is 306 g/mol. The molecular formula is C22H20N3. The van der Waals surface area contributed by atoms with Crippen LogP contribution in [0.2, 0.25) is 0 Å². The van der Waals surface area contributed by atoms with E-state index < -0.39 is 0 Å². The monoisotopic (exact) mass is 326 g/mol. The predicted molar refractivity (Wildman–Crippen MR) is 101 cm³/mol. The van der Waals surface area contributed by atoms with E-state index in [0.717, 1.165) is 29.1 Å². The molecule has 2 aromatic carbocycles. The summed E-state index contributed by atoms with van der Waals surface area (Å²) in [6.07, 6.45) is 4.55. The molecule has 0 aliphatic heterocycles. The van der Waals surface area contributed by atoms with E-state index >= 15 is 0 Å². The number of fused-ring (bicyclic) bond motifs is 1. The van der Waals surface area contributed by atoms with Gasteiger partial charge in [-0.25, -0.2) is 0 Å². The first-order chi connectivity index (χ1) is 12.3. The fourth-order valence-electron chi connectivity index (χ4n) is 3.56. The topological polar surface area (TPSA) is 33.6 Å². The third-order valence-electron chi connectivity index (χ3n) is 5.22. The summed E-state index contributed by atoms with van der Waals surface area (Å²) in [5.41, 5.74) is 7.47. The fraction of sp³-hybridized carbons (Fsp3) is 0.227. The van der Waals surface area contributed by atoms with E-state index in [1.165, 1.54) is 35.2 Å². The SMILES string of the molecule is Cc1[c]cc(-c2ccc(C3CC3)cc2)n1Cc1ccc2cn[nH]c2c1. The fourth-order valence-corrected chi connectivity index (χ4v) is 3.56. The molecule has 1 fully saturated rings. The second-order valence-corrected chi connectivity index (χ2v) is 7.03. The molecule has 2 heterocycles. The highest BCUT2D eigenvalue weighted by atomic mass is 15.1. The average molecular weight is 326 g/mol. The molecule has 1 aliphatic rings. The van der Waals surface area contributed by atoms with Crippen LogP contribution in [0.1, 0.15) is 35.6 Å². The lowest BCUT2D eigenvalue weighted by molar-refractivity contribution is 0.784. The van der Waals surface area contributed by atoms with E-state index in [0.29, 0.717) is 0 Å². The lowest BCUT2D eigenvalue weighted by Gasteiger charge is -2.13. The minimum Gasteiger partial charge on any atom is -0.340 e. The zero-order valence-corrected chi connectivity index (χ0v) is 14.3. The Morgan fingerprint density at radius 2 is 2.00 bits per heavy atom. The lowest BCUT2D eigenvalue weighted by atomic mass is 10.1.